The van der Waals surface area contributed by atoms with Gasteiger partial charge in [-0.25, -0.2) is 0 Å². The Labute approximate surface area is 107 Å². The fourth-order valence-electron chi connectivity index (χ4n) is 1.54. The van der Waals surface area contributed by atoms with Gasteiger partial charge in [-0.05, 0) is 19.3 Å². The van der Waals surface area contributed by atoms with Crippen molar-refractivity contribution in [2.24, 2.45) is 0 Å². The van der Waals surface area contributed by atoms with Crippen molar-refractivity contribution in [3.63, 3.8) is 0 Å². The maximum Gasteiger partial charge on any atom is 0.230 e. The van der Waals surface area contributed by atoms with E-state index < -0.39 is 17.2 Å². The molecule has 1 N–H and O–H groups in total. The highest BCUT2D eigenvalue weighted by atomic mass is 33.1. The highest BCUT2D eigenvalue weighted by Crippen LogP contribution is 2.39. The monoisotopic (exact) mass is 282 g/mol. The second kappa shape index (κ2) is 8.38. The third-order valence-corrected chi connectivity index (χ3v) is 5.76. The third-order valence-electron chi connectivity index (χ3n) is 2.35. The van der Waals surface area contributed by atoms with Crippen LogP contribution in [0.4, 0.5) is 0 Å². The molecule has 1 saturated heterocycles. The smallest absolute Gasteiger partial charge is 0.230 e. The summed E-state index contributed by atoms with van der Waals surface area (Å²) in [4.78, 5) is 11.0. The molecule has 94 valence electrons. The third kappa shape index (κ3) is 6.78. The van der Waals surface area contributed by atoms with E-state index >= 15 is 0 Å². The molecule has 1 aliphatic rings. The normalized spacial score (nSPS) is 21.9. The summed E-state index contributed by atoms with van der Waals surface area (Å²) in [5.74, 6) is 0.853. The Morgan fingerprint density at radius 2 is 2.25 bits per heavy atom. The average Bonchev–Trinajstić information content (AvgIpc) is 2.68. The van der Waals surface area contributed by atoms with Crippen molar-refractivity contribution >= 4 is 38.8 Å². The molecule has 0 spiro atoms. The van der Waals surface area contributed by atoms with Crippen LogP contribution in [0.1, 0.15) is 38.5 Å². The first-order valence-electron chi connectivity index (χ1n) is 5.35. The van der Waals surface area contributed by atoms with Gasteiger partial charge in [0.05, 0.1) is 0 Å². The highest BCUT2D eigenvalue weighted by Gasteiger charge is 2.15. The van der Waals surface area contributed by atoms with Crippen LogP contribution in [0.15, 0.2) is 0 Å². The first-order valence-corrected chi connectivity index (χ1v) is 8.81. The lowest BCUT2D eigenvalue weighted by atomic mass is 10.1. The summed E-state index contributed by atoms with van der Waals surface area (Å²) in [5.41, 5.74) is 0. The SMILES string of the molecule is O=C(CCCCCC1CCSS1)NS(=O)[O-]. The van der Waals surface area contributed by atoms with E-state index in [1.54, 1.807) is 0 Å². The molecule has 0 aromatic carbocycles. The molecule has 16 heavy (non-hydrogen) atoms. The van der Waals surface area contributed by atoms with Crippen molar-refractivity contribution in [2.45, 2.75) is 43.8 Å². The van der Waals surface area contributed by atoms with Crippen LogP contribution in [-0.4, -0.2) is 25.7 Å². The van der Waals surface area contributed by atoms with Gasteiger partial charge in [-0.15, -0.1) is 0 Å². The maximum atomic E-state index is 11.0. The van der Waals surface area contributed by atoms with Crippen LogP contribution in [0, 0.1) is 0 Å². The molecule has 4 nitrogen and oxygen atoms in total. The van der Waals surface area contributed by atoms with Gasteiger partial charge in [0, 0.05) is 28.7 Å². The van der Waals surface area contributed by atoms with E-state index in [-0.39, 0.29) is 0 Å². The molecule has 0 radical (unpaired) electrons. The number of unbranched alkanes of at least 4 members (excludes halogenated alkanes) is 2. The largest absolute Gasteiger partial charge is 0.755 e. The Morgan fingerprint density at radius 1 is 1.44 bits per heavy atom. The quantitative estimate of drug-likeness (QED) is 0.439. The zero-order valence-corrected chi connectivity index (χ0v) is 11.4. The van der Waals surface area contributed by atoms with Gasteiger partial charge in [-0.1, -0.05) is 34.4 Å². The Balaban J connectivity index is 1.91. The zero-order chi connectivity index (χ0) is 11.8. The van der Waals surface area contributed by atoms with E-state index in [1.807, 2.05) is 26.3 Å². The van der Waals surface area contributed by atoms with Gasteiger partial charge < -0.3 is 4.55 Å². The van der Waals surface area contributed by atoms with Gasteiger partial charge in [0.1, 0.15) is 0 Å². The first kappa shape index (κ1) is 14.3. The van der Waals surface area contributed by atoms with Gasteiger partial charge in [-0.3, -0.25) is 13.7 Å². The van der Waals surface area contributed by atoms with E-state index in [1.165, 1.54) is 18.6 Å². The lowest BCUT2D eigenvalue weighted by Gasteiger charge is -2.08. The Kier molecular flexibility index (Phi) is 7.51. The van der Waals surface area contributed by atoms with Crippen molar-refractivity contribution in [3.05, 3.63) is 0 Å². The summed E-state index contributed by atoms with van der Waals surface area (Å²) in [6, 6.07) is 0. The summed E-state index contributed by atoms with van der Waals surface area (Å²) in [6.45, 7) is 0. The molecule has 1 amide bonds. The van der Waals surface area contributed by atoms with Crippen molar-refractivity contribution in [2.75, 3.05) is 5.75 Å². The fraction of sp³-hybridized carbons (Fsp3) is 0.889. The molecule has 0 saturated carbocycles. The van der Waals surface area contributed by atoms with Gasteiger partial charge in [0.15, 0.2) is 0 Å². The number of hydrogen-bond acceptors (Lipinski definition) is 5. The lowest BCUT2D eigenvalue weighted by Crippen LogP contribution is -2.24. The summed E-state index contributed by atoms with van der Waals surface area (Å²) in [7, 11) is 3.91. The number of rotatable bonds is 7. The molecule has 1 rings (SSSR count). The number of hydrogen-bond donors (Lipinski definition) is 1. The minimum Gasteiger partial charge on any atom is -0.755 e. The van der Waals surface area contributed by atoms with Crippen molar-refractivity contribution in [1.82, 2.24) is 4.72 Å². The number of nitrogens with one attached hydrogen (secondary N) is 1. The maximum absolute atomic E-state index is 11.0. The Hall–Kier alpha value is 0.280. The van der Waals surface area contributed by atoms with E-state index in [4.69, 9.17) is 0 Å². The van der Waals surface area contributed by atoms with Crippen molar-refractivity contribution in [1.29, 1.82) is 0 Å². The Bertz CT molecular complexity index is 244. The molecular weight excluding hydrogens is 266 g/mol. The van der Waals surface area contributed by atoms with Crippen LogP contribution >= 0.6 is 21.6 Å². The second-order valence-electron chi connectivity index (χ2n) is 3.69. The second-order valence-corrected chi connectivity index (χ2v) is 7.15. The number of carbonyl (C=O) groups excluding carboxylic acids is 1. The molecule has 2 atom stereocenters. The Morgan fingerprint density at radius 3 is 2.88 bits per heavy atom. The van der Waals surface area contributed by atoms with E-state index in [0.29, 0.717) is 6.42 Å². The van der Waals surface area contributed by atoms with Crippen LogP contribution in [-0.2, 0) is 16.1 Å². The minimum atomic E-state index is -2.46. The zero-order valence-electron chi connectivity index (χ0n) is 8.98. The van der Waals surface area contributed by atoms with E-state index in [0.717, 1.165) is 24.5 Å². The highest BCUT2D eigenvalue weighted by molar-refractivity contribution is 8.77. The summed E-state index contributed by atoms with van der Waals surface area (Å²) < 4.78 is 22.1. The average molecular weight is 282 g/mol. The van der Waals surface area contributed by atoms with Gasteiger partial charge in [0.2, 0.25) is 5.91 Å². The van der Waals surface area contributed by atoms with Crippen LogP contribution in [0.3, 0.4) is 0 Å². The van der Waals surface area contributed by atoms with Gasteiger partial charge in [0.25, 0.3) is 0 Å². The van der Waals surface area contributed by atoms with Gasteiger partial charge >= 0.3 is 0 Å². The molecule has 7 heteroatoms. The van der Waals surface area contributed by atoms with Crippen LogP contribution in [0.2, 0.25) is 0 Å². The first-order chi connectivity index (χ1) is 7.68. The molecule has 0 aromatic heterocycles. The molecule has 1 heterocycles. The molecule has 0 bridgehead atoms. The fourth-order valence-corrected chi connectivity index (χ4v) is 4.86. The summed E-state index contributed by atoms with van der Waals surface area (Å²) in [6.07, 6.45) is 5.72. The molecule has 0 aromatic rings. The minimum absolute atomic E-state index is 0.306. The van der Waals surface area contributed by atoms with Crippen molar-refractivity contribution < 1.29 is 13.6 Å². The van der Waals surface area contributed by atoms with Crippen molar-refractivity contribution in [3.8, 4) is 0 Å². The molecule has 0 aliphatic carbocycles. The predicted molar refractivity (Wildman–Crippen MR) is 68.6 cm³/mol. The van der Waals surface area contributed by atoms with E-state index in [9.17, 15) is 13.6 Å². The van der Waals surface area contributed by atoms with Gasteiger partial charge in [-0.2, -0.15) is 0 Å². The number of carbonyl (C=O) groups is 1. The molecule has 2 unspecified atom stereocenters. The van der Waals surface area contributed by atoms with Crippen LogP contribution < -0.4 is 4.72 Å². The summed E-state index contributed by atoms with van der Waals surface area (Å²) >= 11 is -2.46. The number of amides is 1. The van der Waals surface area contributed by atoms with Crippen LogP contribution in [0.5, 0.6) is 0 Å². The van der Waals surface area contributed by atoms with Crippen LogP contribution in [0.25, 0.3) is 0 Å². The molecule has 1 fully saturated rings. The summed E-state index contributed by atoms with van der Waals surface area (Å²) in [5, 5.41) is 0.785. The van der Waals surface area contributed by atoms with E-state index in [2.05, 4.69) is 0 Å². The topological polar surface area (TPSA) is 69.2 Å². The lowest BCUT2D eigenvalue weighted by molar-refractivity contribution is -0.119. The predicted octanol–water partition coefficient (Wildman–Crippen LogP) is 2.00. The standard InChI is InChI=1S/C9H17NO3S3/c11-9(10-16(12)13)5-3-1-2-4-8-6-7-14-15-8/h8H,1-7H2,(H,10,11)(H,12,13)/p-1. The molecular formula is C9H16NO3S3-. The molecule has 1 aliphatic heterocycles.